The zero-order chi connectivity index (χ0) is 24.6. The third-order valence-electron chi connectivity index (χ3n) is 4.81. The van der Waals surface area contributed by atoms with Crippen molar-refractivity contribution in [1.82, 2.24) is 0 Å². The van der Waals surface area contributed by atoms with Gasteiger partial charge in [-0.2, -0.15) is 0 Å². The highest BCUT2D eigenvalue weighted by molar-refractivity contribution is 5.64. The third-order valence-corrected chi connectivity index (χ3v) is 4.81. The van der Waals surface area contributed by atoms with E-state index in [4.69, 9.17) is 20.4 Å². The second kappa shape index (κ2) is 15.6. The van der Waals surface area contributed by atoms with Gasteiger partial charge in [-0.1, -0.05) is 20.8 Å². The molecule has 2 unspecified atom stereocenters. The van der Waals surface area contributed by atoms with Crippen LogP contribution in [0.15, 0.2) is 9.98 Å². The van der Waals surface area contributed by atoms with Gasteiger partial charge in [0.1, 0.15) is 0 Å². The van der Waals surface area contributed by atoms with E-state index < -0.39 is 37.9 Å². The number of rotatable bonds is 8. The summed E-state index contributed by atoms with van der Waals surface area (Å²) in [7, 11) is 0. The number of primary amides is 1. The molecule has 0 bridgehead atoms. The number of isocyanates is 2. The minimum Gasteiger partial charge on any atom is -0.450 e. The van der Waals surface area contributed by atoms with Crippen LogP contribution in [-0.2, 0) is 14.3 Å². The fraction of sp³-hybridized carbons (Fsp3) is 0.850. The maximum Gasteiger partial charge on any atom is 0.404 e. The van der Waals surface area contributed by atoms with E-state index in [-0.39, 0.29) is 16.9 Å². The minimum atomic E-state index is -1.11. The summed E-state index contributed by atoms with van der Waals surface area (Å²) in [5.41, 5.74) is 3.49. The Morgan fingerprint density at radius 3 is 1.87 bits per heavy atom. The van der Waals surface area contributed by atoms with E-state index in [1.54, 1.807) is 19.1 Å². The molecule has 11 nitrogen and oxygen atoms in total. The Morgan fingerprint density at radius 1 is 1.06 bits per heavy atom. The Bertz CT molecular complexity index is 594. The molecule has 1 amide bonds. The van der Waals surface area contributed by atoms with Gasteiger partial charge in [-0.3, -0.25) is 0 Å². The molecule has 31 heavy (non-hydrogen) atoms. The molecule has 0 aromatic carbocycles. The third kappa shape index (κ3) is 13.7. The lowest BCUT2D eigenvalue weighted by molar-refractivity contribution is -0.0328. The molecule has 0 saturated heterocycles. The number of aliphatic hydroxyl groups excluding tert-OH is 4. The van der Waals surface area contributed by atoms with Crippen molar-refractivity contribution in [3.05, 3.63) is 0 Å². The first-order valence-corrected chi connectivity index (χ1v) is 9.89. The Labute approximate surface area is 183 Å². The first-order valence-electron chi connectivity index (χ1n) is 9.89. The molecule has 0 heterocycles. The second-order valence-corrected chi connectivity index (χ2v) is 8.73. The van der Waals surface area contributed by atoms with E-state index >= 15 is 0 Å². The van der Waals surface area contributed by atoms with Crippen molar-refractivity contribution in [2.45, 2.75) is 53.0 Å². The number of carbonyl (C=O) groups is 1. The largest absolute Gasteiger partial charge is 0.450 e. The molecule has 1 rings (SSSR count). The van der Waals surface area contributed by atoms with Gasteiger partial charge in [0.25, 0.3) is 0 Å². The lowest BCUT2D eigenvalue weighted by atomic mass is 9.63. The fourth-order valence-electron chi connectivity index (χ4n) is 3.53. The molecule has 1 fully saturated rings. The Morgan fingerprint density at radius 2 is 1.58 bits per heavy atom. The topological polar surface area (TPSA) is 192 Å². The van der Waals surface area contributed by atoms with Crippen molar-refractivity contribution in [2.24, 2.45) is 32.0 Å². The highest BCUT2D eigenvalue weighted by Gasteiger charge is 2.41. The van der Waals surface area contributed by atoms with Crippen LogP contribution < -0.4 is 5.73 Å². The molecular weight excluding hydrogens is 410 g/mol. The quantitative estimate of drug-likeness (QED) is 0.259. The van der Waals surface area contributed by atoms with Crippen LogP contribution in [0.1, 0.15) is 47.0 Å². The number of carbonyl (C=O) groups excluding carboxylic acids is 3. The summed E-state index contributed by atoms with van der Waals surface area (Å²) in [5.74, 6) is 0. The van der Waals surface area contributed by atoms with Crippen LogP contribution >= 0.6 is 0 Å². The number of aliphatic hydroxyl groups is 4. The van der Waals surface area contributed by atoms with Crippen LogP contribution in [0.5, 0.6) is 0 Å². The monoisotopic (exact) mass is 447 g/mol. The Kier molecular flexibility index (Phi) is 15.7. The van der Waals surface area contributed by atoms with Crippen molar-refractivity contribution in [3.8, 4) is 0 Å². The average Bonchev–Trinajstić information content (AvgIpc) is 2.68. The van der Waals surface area contributed by atoms with Gasteiger partial charge in [-0.05, 0) is 37.0 Å². The number of ether oxygens (including phenoxy) is 1. The van der Waals surface area contributed by atoms with Crippen molar-refractivity contribution < 1.29 is 39.5 Å². The molecule has 11 heteroatoms. The summed E-state index contributed by atoms with van der Waals surface area (Å²) in [4.78, 5) is 37.6. The van der Waals surface area contributed by atoms with E-state index in [1.165, 1.54) is 0 Å². The molecule has 0 aromatic heterocycles. The minimum absolute atomic E-state index is 0.00750. The molecule has 1 saturated carbocycles. The zero-order valence-corrected chi connectivity index (χ0v) is 18.8. The molecule has 180 valence electrons. The van der Waals surface area contributed by atoms with Crippen LogP contribution in [0.3, 0.4) is 0 Å². The van der Waals surface area contributed by atoms with Crippen LogP contribution in [-0.4, -0.2) is 84.3 Å². The number of hydrogen-bond acceptors (Lipinski definition) is 10. The van der Waals surface area contributed by atoms with Crippen molar-refractivity contribution in [2.75, 3.05) is 39.6 Å². The highest BCUT2D eigenvalue weighted by Crippen LogP contribution is 2.47. The summed E-state index contributed by atoms with van der Waals surface area (Å²) in [5, 5.41) is 34.0. The molecule has 0 radical (unpaired) electrons. The van der Waals surface area contributed by atoms with Gasteiger partial charge >= 0.3 is 6.09 Å². The van der Waals surface area contributed by atoms with E-state index in [0.717, 1.165) is 19.3 Å². The molecule has 1 aliphatic rings. The average molecular weight is 448 g/mol. The van der Waals surface area contributed by atoms with Gasteiger partial charge in [0, 0.05) is 0 Å². The second-order valence-electron chi connectivity index (χ2n) is 8.73. The van der Waals surface area contributed by atoms with E-state index in [0.29, 0.717) is 13.2 Å². The number of aliphatic imine (C=N–C) groups is 2. The SMILES string of the molecule is CC1(C)CC(N=C=O)CC(C)(CN=C=O)C1.CCOC(N)=O.OCC(CO)(CO)CO. The standard InChI is InChI=1S/C12H18N2O2.C5H12O4.C3H7NO2/c1-11(2)4-10(14-9-16)5-12(3,6-11)7-13-8-15;6-1-5(2-7,3-8)4-9;1-2-6-3(4)5/h10H,4-7H2,1-3H3;6-9H,1-4H2;2H2,1H3,(H2,4,5). The normalized spacial score (nSPS) is 21.6. The van der Waals surface area contributed by atoms with Crippen LogP contribution in [0, 0.1) is 16.2 Å². The van der Waals surface area contributed by atoms with Gasteiger partial charge < -0.3 is 30.9 Å². The van der Waals surface area contributed by atoms with Crippen LogP contribution in [0.4, 0.5) is 4.79 Å². The van der Waals surface area contributed by atoms with Crippen molar-refractivity contribution >= 4 is 18.3 Å². The number of hydrogen-bond donors (Lipinski definition) is 5. The Hall–Kier alpha value is -2.13. The first kappa shape index (κ1) is 31.1. The van der Waals surface area contributed by atoms with Crippen LogP contribution in [0.2, 0.25) is 0 Å². The van der Waals surface area contributed by atoms with Crippen molar-refractivity contribution in [1.29, 1.82) is 0 Å². The summed E-state index contributed by atoms with van der Waals surface area (Å²) in [6.07, 6.45) is 5.17. The summed E-state index contributed by atoms with van der Waals surface area (Å²) in [6.45, 7) is 7.29. The van der Waals surface area contributed by atoms with E-state index in [1.807, 2.05) is 0 Å². The van der Waals surface area contributed by atoms with Gasteiger partial charge in [0.15, 0.2) is 0 Å². The number of amides is 1. The van der Waals surface area contributed by atoms with E-state index in [2.05, 4.69) is 41.2 Å². The lowest BCUT2D eigenvalue weighted by Crippen LogP contribution is -2.39. The predicted molar refractivity (Wildman–Crippen MR) is 113 cm³/mol. The highest BCUT2D eigenvalue weighted by atomic mass is 16.5. The maximum atomic E-state index is 10.3. The zero-order valence-electron chi connectivity index (χ0n) is 18.8. The van der Waals surface area contributed by atoms with Gasteiger partial charge in [-0.15, -0.1) is 0 Å². The molecule has 1 aliphatic carbocycles. The number of nitrogens with two attached hydrogens (primary N) is 1. The molecular formula is C20H37N3O8. The molecule has 0 aromatic rings. The van der Waals surface area contributed by atoms with Crippen LogP contribution in [0.25, 0.3) is 0 Å². The number of nitrogens with zero attached hydrogens (tertiary/aromatic N) is 2. The molecule has 0 spiro atoms. The predicted octanol–water partition coefficient (Wildman–Crippen LogP) is 0.287. The summed E-state index contributed by atoms with van der Waals surface area (Å²) < 4.78 is 4.18. The lowest BCUT2D eigenvalue weighted by Gasteiger charge is -2.44. The molecule has 2 atom stereocenters. The van der Waals surface area contributed by atoms with Gasteiger partial charge in [0.05, 0.1) is 51.0 Å². The van der Waals surface area contributed by atoms with Crippen molar-refractivity contribution in [3.63, 3.8) is 0 Å². The summed E-state index contributed by atoms with van der Waals surface area (Å²) >= 11 is 0. The first-order chi connectivity index (χ1) is 14.4. The smallest absolute Gasteiger partial charge is 0.404 e. The summed E-state index contributed by atoms with van der Waals surface area (Å²) in [6, 6.07) is 0.00750. The fourth-order valence-corrected chi connectivity index (χ4v) is 3.53. The molecule has 6 N–H and O–H groups in total. The van der Waals surface area contributed by atoms with Gasteiger partial charge in [-0.25, -0.2) is 24.4 Å². The Balaban J connectivity index is 0. The molecule has 0 aliphatic heterocycles. The van der Waals surface area contributed by atoms with Gasteiger partial charge in [0.2, 0.25) is 12.2 Å². The maximum absolute atomic E-state index is 10.3. The van der Waals surface area contributed by atoms with E-state index in [9.17, 15) is 14.4 Å².